The van der Waals surface area contributed by atoms with Gasteiger partial charge in [-0.15, -0.1) is 0 Å². The van der Waals surface area contributed by atoms with Crippen molar-refractivity contribution in [2.75, 3.05) is 19.7 Å². The predicted octanol–water partition coefficient (Wildman–Crippen LogP) is 2.17. The fourth-order valence-corrected chi connectivity index (χ4v) is 3.27. The molecule has 2 N–H and O–H groups in total. The normalized spacial score (nSPS) is 28.3. The summed E-state index contributed by atoms with van der Waals surface area (Å²) in [6, 6.07) is 0.242. The van der Waals surface area contributed by atoms with Crippen molar-refractivity contribution in [1.82, 2.24) is 4.90 Å². The van der Waals surface area contributed by atoms with Gasteiger partial charge < -0.3 is 15.4 Å². The van der Waals surface area contributed by atoms with Gasteiger partial charge >= 0.3 is 0 Å². The molecule has 2 aliphatic rings. The summed E-state index contributed by atoms with van der Waals surface area (Å²) in [6.45, 7) is 6.87. The quantitative estimate of drug-likeness (QED) is 0.841. The van der Waals surface area contributed by atoms with Crippen LogP contribution in [0.25, 0.3) is 0 Å². The highest BCUT2D eigenvalue weighted by Crippen LogP contribution is 2.28. The molecule has 1 saturated heterocycles. The number of nitrogens with zero attached hydrogens (tertiary/aromatic N) is 1. The van der Waals surface area contributed by atoms with E-state index >= 15 is 0 Å². The number of hydrogen-bond acceptors (Lipinski definition) is 3. The Kier molecular flexibility index (Phi) is 5.85. The third-order valence-corrected chi connectivity index (χ3v) is 4.61. The molecule has 2 atom stereocenters. The lowest BCUT2D eigenvalue weighted by molar-refractivity contribution is -0.135. The molecule has 0 aromatic carbocycles. The van der Waals surface area contributed by atoms with E-state index in [1.54, 1.807) is 0 Å². The molecule has 1 aliphatic heterocycles. The average Bonchev–Trinajstić information content (AvgIpc) is 2.82. The number of hydrogen-bond donors (Lipinski definition) is 1. The highest BCUT2D eigenvalue weighted by atomic mass is 16.5. The lowest BCUT2D eigenvalue weighted by Gasteiger charge is -2.33. The Morgan fingerprint density at radius 1 is 1.25 bits per heavy atom. The third-order valence-electron chi connectivity index (χ3n) is 4.61. The zero-order valence-electron chi connectivity index (χ0n) is 13.0. The molecule has 0 unspecified atom stereocenters. The first-order valence-electron chi connectivity index (χ1n) is 8.21. The van der Waals surface area contributed by atoms with Crippen molar-refractivity contribution >= 4 is 5.91 Å². The minimum atomic E-state index is 0.242. The Balaban J connectivity index is 1.69. The van der Waals surface area contributed by atoms with Crippen molar-refractivity contribution in [3.8, 4) is 0 Å². The molecule has 1 amide bonds. The molecule has 0 bridgehead atoms. The number of rotatable bonds is 5. The van der Waals surface area contributed by atoms with E-state index in [1.807, 2.05) is 4.90 Å². The van der Waals surface area contributed by atoms with Gasteiger partial charge in [0.25, 0.3) is 0 Å². The van der Waals surface area contributed by atoms with Crippen LogP contribution in [0.2, 0.25) is 0 Å². The molecule has 1 heterocycles. The molecule has 0 aromatic heterocycles. The van der Waals surface area contributed by atoms with Gasteiger partial charge in [0.05, 0.1) is 6.10 Å². The van der Waals surface area contributed by atoms with Crippen molar-refractivity contribution in [1.29, 1.82) is 0 Å². The molecular formula is C16H30N2O2. The highest BCUT2D eigenvalue weighted by molar-refractivity contribution is 5.76. The summed E-state index contributed by atoms with van der Waals surface area (Å²) in [7, 11) is 0. The second-order valence-electron chi connectivity index (χ2n) is 6.87. The van der Waals surface area contributed by atoms with Gasteiger partial charge in [0, 0.05) is 32.2 Å². The lowest BCUT2D eigenvalue weighted by atomic mass is 9.98. The summed E-state index contributed by atoms with van der Waals surface area (Å²) in [4.78, 5) is 14.3. The van der Waals surface area contributed by atoms with Gasteiger partial charge in [0.15, 0.2) is 0 Å². The monoisotopic (exact) mass is 282 g/mol. The zero-order chi connectivity index (χ0) is 14.5. The van der Waals surface area contributed by atoms with Crippen LogP contribution in [-0.4, -0.2) is 42.6 Å². The topological polar surface area (TPSA) is 55.6 Å². The van der Waals surface area contributed by atoms with Crippen LogP contribution in [0.15, 0.2) is 0 Å². The smallest absolute Gasteiger partial charge is 0.222 e. The van der Waals surface area contributed by atoms with Gasteiger partial charge in [-0.2, -0.15) is 0 Å². The highest BCUT2D eigenvalue weighted by Gasteiger charge is 2.29. The van der Waals surface area contributed by atoms with Crippen LogP contribution in [0.4, 0.5) is 0 Å². The van der Waals surface area contributed by atoms with E-state index in [2.05, 4.69) is 13.8 Å². The summed E-state index contributed by atoms with van der Waals surface area (Å²) in [5.41, 5.74) is 6.06. The molecular weight excluding hydrogens is 252 g/mol. The Morgan fingerprint density at radius 2 is 1.95 bits per heavy atom. The molecule has 1 aliphatic carbocycles. The molecule has 116 valence electrons. The Labute approximate surface area is 123 Å². The molecule has 20 heavy (non-hydrogen) atoms. The third kappa shape index (κ3) is 4.45. The minimum absolute atomic E-state index is 0.242. The number of amides is 1. The fourth-order valence-electron chi connectivity index (χ4n) is 3.27. The number of nitrogens with two attached hydrogens (primary N) is 1. The van der Waals surface area contributed by atoms with Gasteiger partial charge in [-0.25, -0.2) is 0 Å². The minimum Gasteiger partial charge on any atom is -0.378 e. The number of likely N-dealkylation sites (tertiary alicyclic amines) is 1. The van der Waals surface area contributed by atoms with Crippen LogP contribution in [0.3, 0.4) is 0 Å². The first kappa shape index (κ1) is 15.8. The van der Waals surface area contributed by atoms with Crippen molar-refractivity contribution < 1.29 is 9.53 Å². The van der Waals surface area contributed by atoms with Crippen LogP contribution in [0.5, 0.6) is 0 Å². The summed E-state index contributed by atoms with van der Waals surface area (Å²) in [5.74, 6) is 1.30. The van der Waals surface area contributed by atoms with Crippen LogP contribution in [0, 0.1) is 11.8 Å². The predicted molar refractivity (Wildman–Crippen MR) is 80.3 cm³/mol. The number of piperidine rings is 1. The van der Waals surface area contributed by atoms with Gasteiger partial charge in [0.1, 0.15) is 0 Å². The van der Waals surface area contributed by atoms with E-state index in [0.29, 0.717) is 30.3 Å². The van der Waals surface area contributed by atoms with Gasteiger partial charge in [-0.3, -0.25) is 4.79 Å². The van der Waals surface area contributed by atoms with Crippen molar-refractivity contribution in [2.24, 2.45) is 17.6 Å². The van der Waals surface area contributed by atoms with Crippen molar-refractivity contribution in [3.05, 3.63) is 0 Å². The first-order chi connectivity index (χ1) is 9.56. The standard InChI is InChI=1S/C16H30N2O2/c1-12(2)11-20-14-6-8-18(9-7-14)16(19)10-13-4-3-5-15(13)17/h12-15H,3-11,17H2,1-2H3/t13-,15+/m0/s1. The van der Waals surface area contributed by atoms with Crippen LogP contribution in [0.1, 0.15) is 52.4 Å². The Hall–Kier alpha value is -0.610. The summed E-state index contributed by atoms with van der Waals surface area (Å²) < 4.78 is 5.86. The summed E-state index contributed by atoms with van der Waals surface area (Å²) >= 11 is 0. The maximum Gasteiger partial charge on any atom is 0.222 e. The number of carbonyl (C=O) groups is 1. The van der Waals surface area contributed by atoms with Gasteiger partial charge in [0.2, 0.25) is 5.91 Å². The number of ether oxygens (including phenoxy) is 1. The Morgan fingerprint density at radius 3 is 2.50 bits per heavy atom. The maximum absolute atomic E-state index is 12.3. The van der Waals surface area contributed by atoms with E-state index in [0.717, 1.165) is 45.4 Å². The van der Waals surface area contributed by atoms with Crippen molar-refractivity contribution in [2.45, 2.75) is 64.5 Å². The van der Waals surface area contributed by atoms with Gasteiger partial charge in [-0.05, 0) is 37.5 Å². The molecule has 1 saturated carbocycles. The second-order valence-corrected chi connectivity index (χ2v) is 6.87. The zero-order valence-corrected chi connectivity index (χ0v) is 13.0. The Bertz CT molecular complexity index is 312. The molecule has 4 heteroatoms. The summed E-state index contributed by atoms with van der Waals surface area (Å²) in [5, 5.41) is 0. The van der Waals surface area contributed by atoms with E-state index < -0.39 is 0 Å². The SMILES string of the molecule is CC(C)COC1CCN(C(=O)C[C@@H]2CCC[C@H]2N)CC1. The van der Waals surface area contributed by atoms with E-state index in [1.165, 1.54) is 6.42 Å². The molecule has 4 nitrogen and oxygen atoms in total. The lowest BCUT2D eigenvalue weighted by Crippen LogP contribution is -2.42. The molecule has 0 aromatic rings. The van der Waals surface area contributed by atoms with Gasteiger partial charge in [-0.1, -0.05) is 20.3 Å². The number of carbonyl (C=O) groups excluding carboxylic acids is 1. The molecule has 2 fully saturated rings. The average molecular weight is 282 g/mol. The van der Waals surface area contributed by atoms with E-state index in [4.69, 9.17) is 10.5 Å². The van der Waals surface area contributed by atoms with Crippen molar-refractivity contribution in [3.63, 3.8) is 0 Å². The molecule has 0 radical (unpaired) electrons. The largest absolute Gasteiger partial charge is 0.378 e. The van der Waals surface area contributed by atoms with E-state index in [-0.39, 0.29) is 6.04 Å². The molecule has 2 rings (SSSR count). The van der Waals surface area contributed by atoms with E-state index in [9.17, 15) is 4.79 Å². The van der Waals surface area contributed by atoms with Crippen LogP contribution < -0.4 is 5.73 Å². The van der Waals surface area contributed by atoms with Crippen LogP contribution >= 0.6 is 0 Å². The molecule has 0 spiro atoms. The summed E-state index contributed by atoms with van der Waals surface area (Å²) in [6.07, 6.45) is 6.35. The maximum atomic E-state index is 12.3. The fraction of sp³-hybridized carbons (Fsp3) is 0.938. The second kappa shape index (κ2) is 7.41. The van der Waals surface area contributed by atoms with Crippen LogP contribution in [-0.2, 0) is 9.53 Å². The first-order valence-corrected chi connectivity index (χ1v) is 8.21.